The number of hydrogen-bond acceptors (Lipinski definition) is 4. The Morgan fingerprint density at radius 2 is 2.11 bits per heavy atom. The van der Waals surface area contributed by atoms with E-state index in [1.54, 1.807) is 0 Å². The predicted molar refractivity (Wildman–Crippen MR) is 70.3 cm³/mol. The van der Waals surface area contributed by atoms with Gasteiger partial charge in [0.2, 0.25) is 0 Å². The van der Waals surface area contributed by atoms with Crippen LogP contribution in [-0.4, -0.2) is 30.4 Å². The van der Waals surface area contributed by atoms with Gasteiger partial charge in [-0.1, -0.05) is 12.1 Å². The fourth-order valence-electron chi connectivity index (χ4n) is 1.33. The molecular formula is C12H18N4O2. The van der Waals surface area contributed by atoms with Crippen LogP contribution in [0.1, 0.15) is 19.4 Å². The zero-order chi connectivity index (χ0) is 13.4. The molecule has 3 N–H and O–H groups in total. The molecule has 98 valence electrons. The van der Waals surface area contributed by atoms with Gasteiger partial charge in [0.15, 0.2) is 5.75 Å². The fraction of sp³-hybridized carbons (Fsp3) is 0.333. The van der Waals surface area contributed by atoms with Crippen molar-refractivity contribution in [3.8, 4) is 5.75 Å². The number of carbonyl (C=O) groups is 1. The highest BCUT2D eigenvalue weighted by molar-refractivity contribution is 5.84. The Balaban J connectivity index is 2.78. The lowest BCUT2D eigenvalue weighted by molar-refractivity contribution is -0.0487. The summed E-state index contributed by atoms with van der Waals surface area (Å²) in [6, 6.07) is 6.71. The van der Waals surface area contributed by atoms with Crippen molar-refractivity contribution in [3.05, 3.63) is 29.8 Å². The van der Waals surface area contributed by atoms with Crippen LogP contribution in [0.4, 0.5) is 4.79 Å². The maximum absolute atomic E-state index is 10.5. The van der Waals surface area contributed by atoms with Crippen molar-refractivity contribution in [1.82, 2.24) is 10.5 Å². The number of nitrogens with two attached hydrogens (primary N) is 1. The molecule has 6 nitrogen and oxygen atoms in total. The second-order valence-electron chi connectivity index (χ2n) is 3.48. The van der Waals surface area contributed by atoms with E-state index in [-0.39, 0.29) is 0 Å². The number of hydroxylamine groups is 2. The van der Waals surface area contributed by atoms with E-state index in [0.29, 0.717) is 5.75 Å². The Kier molecular flexibility index (Phi) is 5.66. The summed E-state index contributed by atoms with van der Waals surface area (Å²) in [4.78, 5) is 16.2. The highest BCUT2D eigenvalue weighted by atomic mass is 16.7. The molecule has 0 saturated heterocycles. The molecule has 6 heteroatoms. The lowest BCUT2D eigenvalue weighted by Crippen LogP contribution is -2.27. The van der Waals surface area contributed by atoms with Gasteiger partial charge in [0.25, 0.3) is 0 Å². The van der Waals surface area contributed by atoms with Crippen molar-refractivity contribution in [2.75, 3.05) is 13.1 Å². The molecule has 1 aromatic rings. The van der Waals surface area contributed by atoms with Crippen LogP contribution in [0.15, 0.2) is 29.4 Å². The van der Waals surface area contributed by atoms with Gasteiger partial charge in [0, 0.05) is 18.7 Å². The number of primary amides is 1. The van der Waals surface area contributed by atoms with Crippen molar-refractivity contribution in [2.24, 2.45) is 10.8 Å². The van der Waals surface area contributed by atoms with Crippen LogP contribution in [0.25, 0.3) is 0 Å². The molecule has 2 amide bonds. The molecule has 0 saturated carbocycles. The Hall–Kier alpha value is -2.08. The molecule has 0 aliphatic rings. The van der Waals surface area contributed by atoms with Crippen LogP contribution in [-0.2, 0) is 0 Å². The maximum atomic E-state index is 10.5. The quantitative estimate of drug-likeness (QED) is 0.590. The topological polar surface area (TPSA) is 79.9 Å². The zero-order valence-electron chi connectivity index (χ0n) is 10.6. The molecule has 0 unspecified atom stereocenters. The van der Waals surface area contributed by atoms with Gasteiger partial charge in [-0.3, -0.25) is 0 Å². The van der Waals surface area contributed by atoms with Gasteiger partial charge in [-0.05, 0) is 26.0 Å². The molecule has 0 aliphatic heterocycles. The Morgan fingerprint density at radius 3 is 2.72 bits per heavy atom. The molecule has 0 bridgehead atoms. The summed E-state index contributed by atoms with van der Waals surface area (Å²) in [6.07, 6.45) is 1.49. The van der Waals surface area contributed by atoms with Crippen LogP contribution in [0.5, 0.6) is 5.75 Å². The van der Waals surface area contributed by atoms with Gasteiger partial charge in [-0.25, -0.2) is 10.2 Å². The number of para-hydroxylation sites is 1. The number of hydrogen-bond donors (Lipinski definition) is 2. The highest BCUT2D eigenvalue weighted by Gasteiger charge is 2.05. The third-order valence-corrected chi connectivity index (χ3v) is 2.23. The number of amides is 2. The first-order valence-electron chi connectivity index (χ1n) is 5.77. The van der Waals surface area contributed by atoms with Gasteiger partial charge in [-0.2, -0.15) is 5.10 Å². The van der Waals surface area contributed by atoms with Crippen LogP contribution < -0.4 is 16.0 Å². The number of nitrogens with one attached hydrogen (secondary N) is 1. The molecule has 0 heterocycles. The van der Waals surface area contributed by atoms with Crippen molar-refractivity contribution >= 4 is 12.2 Å². The summed E-state index contributed by atoms with van der Waals surface area (Å²) in [7, 11) is 0. The van der Waals surface area contributed by atoms with Gasteiger partial charge < -0.3 is 10.6 Å². The van der Waals surface area contributed by atoms with Crippen LogP contribution in [0, 0.1) is 0 Å². The molecule has 0 radical (unpaired) electrons. The van der Waals surface area contributed by atoms with E-state index in [4.69, 9.17) is 10.6 Å². The maximum Gasteiger partial charge on any atom is 0.332 e. The molecule has 18 heavy (non-hydrogen) atoms. The Labute approximate surface area is 106 Å². The SMILES string of the molecule is CCN(CC)Oc1ccccc1C=NNC(N)=O. The van der Waals surface area contributed by atoms with Crippen molar-refractivity contribution in [2.45, 2.75) is 13.8 Å². The van der Waals surface area contributed by atoms with Crippen molar-refractivity contribution in [1.29, 1.82) is 0 Å². The minimum atomic E-state index is -0.701. The summed E-state index contributed by atoms with van der Waals surface area (Å²) < 4.78 is 0. The number of hydrazone groups is 1. The Morgan fingerprint density at radius 1 is 1.44 bits per heavy atom. The third-order valence-electron chi connectivity index (χ3n) is 2.23. The number of rotatable bonds is 6. The largest absolute Gasteiger partial charge is 0.405 e. The molecule has 0 aliphatic carbocycles. The first-order chi connectivity index (χ1) is 8.67. The average molecular weight is 250 g/mol. The summed E-state index contributed by atoms with van der Waals surface area (Å²) in [5, 5.41) is 5.53. The predicted octanol–water partition coefficient (Wildman–Crippen LogP) is 1.32. The highest BCUT2D eigenvalue weighted by Crippen LogP contribution is 2.16. The summed E-state index contributed by atoms with van der Waals surface area (Å²) in [6.45, 7) is 5.58. The number of urea groups is 1. The zero-order valence-corrected chi connectivity index (χ0v) is 10.6. The van der Waals surface area contributed by atoms with Crippen LogP contribution in [0.2, 0.25) is 0 Å². The van der Waals surface area contributed by atoms with Crippen molar-refractivity contribution in [3.63, 3.8) is 0 Å². The summed E-state index contributed by atoms with van der Waals surface area (Å²) >= 11 is 0. The standard InChI is InChI=1S/C12H18N4O2/c1-3-16(4-2)18-11-8-6-5-7-10(11)9-14-15-12(13)17/h5-9H,3-4H2,1-2H3,(H3,13,15,17). The van der Waals surface area contributed by atoms with Crippen LogP contribution in [0.3, 0.4) is 0 Å². The van der Waals surface area contributed by atoms with Gasteiger partial charge >= 0.3 is 6.03 Å². The molecule has 0 atom stereocenters. The smallest absolute Gasteiger partial charge is 0.332 e. The second-order valence-corrected chi connectivity index (χ2v) is 3.48. The van der Waals surface area contributed by atoms with E-state index in [2.05, 4.69) is 10.5 Å². The van der Waals surface area contributed by atoms with Gasteiger partial charge in [-0.15, -0.1) is 5.06 Å². The fourth-order valence-corrected chi connectivity index (χ4v) is 1.33. The molecule has 1 aromatic carbocycles. The number of carbonyl (C=O) groups excluding carboxylic acids is 1. The first-order valence-corrected chi connectivity index (χ1v) is 5.77. The van der Waals surface area contributed by atoms with E-state index in [1.165, 1.54) is 6.21 Å². The monoisotopic (exact) mass is 250 g/mol. The number of nitrogens with zero attached hydrogens (tertiary/aromatic N) is 2. The van der Waals surface area contributed by atoms with E-state index in [1.807, 2.05) is 43.2 Å². The lowest BCUT2D eigenvalue weighted by atomic mass is 10.2. The lowest BCUT2D eigenvalue weighted by Gasteiger charge is -2.19. The normalized spacial score (nSPS) is 10.8. The second kappa shape index (κ2) is 7.29. The molecular weight excluding hydrogens is 232 g/mol. The van der Waals surface area contributed by atoms with Gasteiger partial charge in [0.05, 0.1) is 6.21 Å². The summed E-state index contributed by atoms with van der Waals surface area (Å²) in [5.74, 6) is 0.677. The molecule has 0 spiro atoms. The van der Waals surface area contributed by atoms with E-state index in [9.17, 15) is 4.79 Å². The van der Waals surface area contributed by atoms with Crippen molar-refractivity contribution < 1.29 is 9.63 Å². The summed E-state index contributed by atoms with van der Waals surface area (Å²) in [5.41, 5.74) is 7.82. The first kappa shape index (κ1) is 14.0. The van der Waals surface area contributed by atoms with E-state index >= 15 is 0 Å². The third kappa shape index (κ3) is 4.42. The molecule has 0 aromatic heterocycles. The van der Waals surface area contributed by atoms with E-state index in [0.717, 1.165) is 18.7 Å². The van der Waals surface area contributed by atoms with Gasteiger partial charge in [0.1, 0.15) is 0 Å². The molecule has 0 fully saturated rings. The Bertz CT molecular complexity index is 416. The van der Waals surface area contributed by atoms with Crippen LogP contribution >= 0.6 is 0 Å². The minimum Gasteiger partial charge on any atom is -0.405 e. The molecule has 1 rings (SSSR count). The average Bonchev–Trinajstić information content (AvgIpc) is 2.37. The van der Waals surface area contributed by atoms with E-state index < -0.39 is 6.03 Å². The minimum absolute atomic E-state index is 0.677. The number of benzene rings is 1.